The fourth-order valence-corrected chi connectivity index (χ4v) is 4.89. The molecule has 5 nitrogen and oxygen atoms in total. The molecule has 0 aromatic carbocycles. The van der Waals surface area contributed by atoms with Crippen LogP contribution in [0.5, 0.6) is 0 Å². The lowest BCUT2D eigenvalue weighted by Gasteiger charge is -2.11. The first-order chi connectivity index (χ1) is 9.76. The van der Waals surface area contributed by atoms with Crippen LogP contribution in [-0.2, 0) is 9.84 Å². The number of aryl methyl sites for hydroxylation is 1. The van der Waals surface area contributed by atoms with Crippen molar-refractivity contribution in [3.63, 3.8) is 0 Å². The molecule has 7 heteroatoms. The molecule has 21 heavy (non-hydrogen) atoms. The van der Waals surface area contributed by atoms with Crippen molar-refractivity contribution in [2.45, 2.75) is 51.5 Å². The molecule has 1 aromatic rings. The Balaban J connectivity index is 2.05. The van der Waals surface area contributed by atoms with E-state index in [0.29, 0.717) is 10.8 Å². The number of amides is 1. The minimum Gasteiger partial charge on any atom is -0.348 e. The van der Waals surface area contributed by atoms with Crippen LogP contribution < -0.4 is 5.32 Å². The maximum atomic E-state index is 12.3. The van der Waals surface area contributed by atoms with Gasteiger partial charge in [-0.2, -0.15) is 0 Å². The zero-order valence-corrected chi connectivity index (χ0v) is 14.3. The fraction of sp³-hybridized carbons (Fsp3) is 0.714. The predicted octanol–water partition coefficient (Wildman–Crippen LogP) is 2.27. The third-order valence-corrected chi connectivity index (χ3v) is 6.08. The molecular formula is C14H22N2O3S2. The molecule has 1 amide bonds. The van der Waals surface area contributed by atoms with Crippen LogP contribution in [0.2, 0.25) is 0 Å². The molecule has 0 spiro atoms. The Morgan fingerprint density at radius 3 is 2.62 bits per heavy atom. The van der Waals surface area contributed by atoms with Crippen molar-refractivity contribution in [2.75, 3.05) is 12.0 Å². The van der Waals surface area contributed by atoms with Gasteiger partial charge < -0.3 is 5.32 Å². The summed E-state index contributed by atoms with van der Waals surface area (Å²) < 4.78 is 22.5. The summed E-state index contributed by atoms with van der Waals surface area (Å²) in [5.41, 5.74) is 0.742. The zero-order valence-electron chi connectivity index (χ0n) is 12.7. The SMILES string of the molecule is Cc1nc(C2CCCC2)sc1C(=O)N[C@@H](C)CS(C)(=O)=O. The Morgan fingerprint density at radius 2 is 2.05 bits per heavy atom. The maximum Gasteiger partial charge on any atom is 0.263 e. The Hall–Kier alpha value is -0.950. The molecule has 1 aliphatic carbocycles. The maximum absolute atomic E-state index is 12.3. The van der Waals surface area contributed by atoms with Crippen molar-refractivity contribution in [3.05, 3.63) is 15.6 Å². The first-order valence-corrected chi connectivity index (χ1v) is 10.1. The minimum absolute atomic E-state index is 0.0495. The summed E-state index contributed by atoms with van der Waals surface area (Å²) in [5, 5.41) is 3.80. The van der Waals surface area contributed by atoms with Crippen molar-refractivity contribution < 1.29 is 13.2 Å². The number of rotatable bonds is 5. The summed E-state index contributed by atoms with van der Waals surface area (Å²) >= 11 is 1.45. The molecule has 1 N–H and O–H groups in total. The average molecular weight is 330 g/mol. The van der Waals surface area contributed by atoms with Gasteiger partial charge in [-0.25, -0.2) is 13.4 Å². The molecule has 1 aromatic heterocycles. The lowest BCUT2D eigenvalue weighted by Crippen LogP contribution is -2.37. The molecule has 0 radical (unpaired) electrons. The average Bonchev–Trinajstić information content (AvgIpc) is 2.94. The van der Waals surface area contributed by atoms with Crippen molar-refractivity contribution in [1.82, 2.24) is 10.3 Å². The summed E-state index contributed by atoms with van der Waals surface area (Å²) in [6.07, 6.45) is 5.94. The van der Waals surface area contributed by atoms with E-state index in [9.17, 15) is 13.2 Å². The van der Waals surface area contributed by atoms with E-state index in [1.807, 2.05) is 6.92 Å². The van der Waals surface area contributed by atoms with E-state index in [1.54, 1.807) is 6.92 Å². The summed E-state index contributed by atoms with van der Waals surface area (Å²) in [4.78, 5) is 17.4. The first kappa shape index (κ1) is 16.4. The zero-order chi connectivity index (χ0) is 15.6. The van der Waals surface area contributed by atoms with Crippen LogP contribution in [-0.4, -0.2) is 37.4 Å². The van der Waals surface area contributed by atoms with Gasteiger partial charge in [0.1, 0.15) is 14.7 Å². The van der Waals surface area contributed by atoms with Crippen LogP contribution in [0.1, 0.15) is 58.9 Å². The number of nitrogens with zero attached hydrogens (tertiary/aromatic N) is 1. The number of hydrogen-bond acceptors (Lipinski definition) is 5. The Kier molecular flexibility index (Phi) is 5.03. The number of carbonyl (C=O) groups excluding carboxylic acids is 1. The number of carbonyl (C=O) groups is 1. The molecule has 0 bridgehead atoms. The predicted molar refractivity (Wildman–Crippen MR) is 84.7 cm³/mol. The molecule has 0 saturated heterocycles. The van der Waals surface area contributed by atoms with Gasteiger partial charge in [0.25, 0.3) is 5.91 Å². The third-order valence-electron chi connectivity index (χ3n) is 3.65. The van der Waals surface area contributed by atoms with Crippen LogP contribution in [0, 0.1) is 6.92 Å². The monoisotopic (exact) mass is 330 g/mol. The molecule has 118 valence electrons. The molecule has 1 heterocycles. The van der Waals surface area contributed by atoms with Gasteiger partial charge in [-0.05, 0) is 26.7 Å². The quantitative estimate of drug-likeness (QED) is 0.898. The standard InChI is InChI=1S/C14H22N2O3S2/c1-9(8-21(3,18)19)15-13(17)12-10(2)16-14(20-12)11-6-4-5-7-11/h9,11H,4-8H2,1-3H3,(H,15,17)/t9-/m0/s1. The molecule has 1 atom stereocenters. The second kappa shape index (κ2) is 6.44. The highest BCUT2D eigenvalue weighted by Gasteiger charge is 2.24. The summed E-state index contributed by atoms with van der Waals surface area (Å²) in [7, 11) is -3.10. The summed E-state index contributed by atoms with van der Waals surface area (Å²) in [6.45, 7) is 3.54. The molecule has 1 fully saturated rings. The highest BCUT2D eigenvalue weighted by Crippen LogP contribution is 2.37. The topological polar surface area (TPSA) is 76.1 Å². The van der Waals surface area contributed by atoms with Gasteiger partial charge in [-0.1, -0.05) is 12.8 Å². The number of aromatic nitrogens is 1. The minimum atomic E-state index is -3.10. The molecule has 0 unspecified atom stereocenters. The van der Waals surface area contributed by atoms with E-state index in [0.717, 1.165) is 23.5 Å². The van der Waals surface area contributed by atoms with Crippen molar-refractivity contribution >= 4 is 27.1 Å². The number of hydrogen-bond donors (Lipinski definition) is 1. The Labute approximate surface area is 130 Å². The third kappa shape index (κ3) is 4.51. The van der Waals surface area contributed by atoms with Crippen molar-refractivity contribution in [3.8, 4) is 0 Å². The van der Waals surface area contributed by atoms with E-state index >= 15 is 0 Å². The van der Waals surface area contributed by atoms with Crippen LogP contribution in [0.25, 0.3) is 0 Å². The lowest BCUT2D eigenvalue weighted by atomic mass is 10.1. The van der Waals surface area contributed by atoms with Crippen LogP contribution in [0.3, 0.4) is 0 Å². The van der Waals surface area contributed by atoms with E-state index in [1.165, 1.54) is 30.4 Å². The fourth-order valence-electron chi connectivity index (χ4n) is 2.76. The van der Waals surface area contributed by atoms with Crippen LogP contribution in [0.4, 0.5) is 0 Å². The van der Waals surface area contributed by atoms with Gasteiger partial charge in [-0.15, -0.1) is 11.3 Å². The van der Waals surface area contributed by atoms with E-state index in [2.05, 4.69) is 10.3 Å². The first-order valence-electron chi connectivity index (χ1n) is 7.22. The smallest absolute Gasteiger partial charge is 0.263 e. The Morgan fingerprint density at radius 1 is 1.43 bits per heavy atom. The van der Waals surface area contributed by atoms with E-state index in [-0.39, 0.29) is 11.7 Å². The number of nitrogens with one attached hydrogen (secondary N) is 1. The van der Waals surface area contributed by atoms with E-state index < -0.39 is 15.9 Å². The second-order valence-corrected chi connectivity index (χ2v) is 9.13. The van der Waals surface area contributed by atoms with E-state index in [4.69, 9.17) is 0 Å². The van der Waals surface area contributed by atoms with Gasteiger partial charge in [0.2, 0.25) is 0 Å². The molecular weight excluding hydrogens is 308 g/mol. The van der Waals surface area contributed by atoms with Crippen LogP contribution >= 0.6 is 11.3 Å². The molecule has 1 saturated carbocycles. The van der Waals surface area contributed by atoms with Gasteiger partial charge in [0.05, 0.1) is 16.5 Å². The number of sulfone groups is 1. The van der Waals surface area contributed by atoms with Crippen molar-refractivity contribution in [2.24, 2.45) is 0 Å². The highest BCUT2D eigenvalue weighted by atomic mass is 32.2. The van der Waals surface area contributed by atoms with Gasteiger partial charge in [0.15, 0.2) is 0 Å². The highest BCUT2D eigenvalue weighted by molar-refractivity contribution is 7.90. The van der Waals surface area contributed by atoms with Crippen molar-refractivity contribution in [1.29, 1.82) is 0 Å². The lowest BCUT2D eigenvalue weighted by molar-refractivity contribution is 0.0947. The van der Waals surface area contributed by atoms with Gasteiger partial charge in [-0.3, -0.25) is 4.79 Å². The normalized spacial score (nSPS) is 17.9. The molecule has 2 rings (SSSR count). The van der Waals surface area contributed by atoms with Gasteiger partial charge in [0, 0.05) is 18.2 Å². The Bertz CT molecular complexity index is 616. The van der Waals surface area contributed by atoms with Gasteiger partial charge >= 0.3 is 0 Å². The molecule has 0 aliphatic heterocycles. The molecule has 1 aliphatic rings. The second-order valence-electron chi connectivity index (χ2n) is 5.91. The summed E-state index contributed by atoms with van der Waals surface area (Å²) in [5.74, 6) is 0.223. The number of thiazole rings is 1. The largest absolute Gasteiger partial charge is 0.348 e. The summed E-state index contributed by atoms with van der Waals surface area (Å²) in [6, 6.07) is -0.399. The van der Waals surface area contributed by atoms with Crippen LogP contribution in [0.15, 0.2) is 0 Å².